The molecule has 7 nitrogen and oxygen atoms in total. The summed E-state index contributed by atoms with van der Waals surface area (Å²) >= 11 is 0. The van der Waals surface area contributed by atoms with E-state index in [1.54, 1.807) is 7.05 Å². The summed E-state index contributed by atoms with van der Waals surface area (Å²) in [6.45, 7) is 0. The monoisotopic (exact) mass is 431 g/mol. The van der Waals surface area contributed by atoms with Gasteiger partial charge < -0.3 is 21.5 Å². The fourth-order valence-electron chi connectivity index (χ4n) is 7.88. The molecule has 0 aromatic carbocycles. The van der Waals surface area contributed by atoms with Gasteiger partial charge in [0.1, 0.15) is 6.04 Å². The van der Waals surface area contributed by atoms with E-state index < -0.39 is 6.10 Å². The molecule has 0 aromatic heterocycles. The van der Waals surface area contributed by atoms with Crippen molar-refractivity contribution in [2.24, 2.45) is 45.6 Å². The minimum Gasteiger partial charge on any atom is -0.390 e. The second kappa shape index (κ2) is 9.06. The van der Waals surface area contributed by atoms with E-state index in [0.29, 0.717) is 30.0 Å². The molecular weight excluding hydrogens is 390 g/mol. The molecule has 1 aliphatic heterocycles. The molecule has 9 atom stereocenters. The zero-order chi connectivity index (χ0) is 21.5. The smallest absolute Gasteiger partial charge is 0.225 e. The van der Waals surface area contributed by atoms with Crippen LogP contribution < -0.4 is 16.4 Å². The Hall–Kier alpha value is -1.05. The molecule has 174 valence electrons. The number of nitrogens with one attached hydrogen (secondary N) is 2. The van der Waals surface area contributed by atoms with Crippen LogP contribution in [0.15, 0.2) is 10.2 Å². The number of rotatable bonds is 3. The lowest BCUT2D eigenvalue weighted by Gasteiger charge is -2.50. The van der Waals surface area contributed by atoms with Crippen LogP contribution in [0.2, 0.25) is 0 Å². The Morgan fingerprint density at radius 2 is 1.77 bits per heavy atom. The van der Waals surface area contributed by atoms with Crippen LogP contribution in [-0.4, -0.2) is 54.4 Å². The van der Waals surface area contributed by atoms with Crippen molar-refractivity contribution in [3.63, 3.8) is 0 Å². The van der Waals surface area contributed by atoms with Crippen molar-refractivity contribution in [1.29, 1.82) is 0 Å². The third-order valence-corrected chi connectivity index (χ3v) is 9.47. The highest BCUT2D eigenvalue weighted by molar-refractivity contribution is 5.79. The van der Waals surface area contributed by atoms with E-state index in [1.165, 1.54) is 32.1 Å². The second-order valence-electron chi connectivity index (χ2n) is 11.1. The van der Waals surface area contributed by atoms with Crippen molar-refractivity contribution in [3.8, 4) is 0 Å². The van der Waals surface area contributed by atoms with Gasteiger partial charge in [-0.2, -0.15) is 10.2 Å². The molecule has 9 unspecified atom stereocenters. The highest BCUT2D eigenvalue weighted by Crippen LogP contribution is 2.53. The second-order valence-corrected chi connectivity index (χ2v) is 11.1. The first kappa shape index (κ1) is 21.8. The summed E-state index contributed by atoms with van der Waals surface area (Å²) in [5.41, 5.74) is 6.06. The first-order valence-corrected chi connectivity index (χ1v) is 12.9. The molecule has 1 saturated heterocycles. The summed E-state index contributed by atoms with van der Waals surface area (Å²) in [5.74, 6) is 1.77. The normalized spacial score (nSPS) is 49.8. The van der Waals surface area contributed by atoms with E-state index in [1.807, 2.05) is 0 Å². The van der Waals surface area contributed by atoms with Gasteiger partial charge in [0.25, 0.3) is 0 Å². The zero-order valence-electron chi connectivity index (χ0n) is 19.0. The molecule has 0 bridgehead atoms. The quantitative estimate of drug-likeness (QED) is 0.514. The molecule has 5 fully saturated rings. The summed E-state index contributed by atoms with van der Waals surface area (Å²) in [6, 6.07) is 1.27. The summed E-state index contributed by atoms with van der Waals surface area (Å²) in [7, 11) is 1.67. The minimum absolute atomic E-state index is 0.0510. The average Bonchev–Trinajstić information content (AvgIpc) is 3.17. The van der Waals surface area contributed by atoms with Gasteiger partial charge in [-0.05, 0) is 75.5 Å². The topological polar surface area (TPSA) is 112 Å². The summed E-state index contributed by atoms with van der Waals surface area (Å²) in [5, 5.41) is 27.8. The lowest BCUT2D eigenvalue weighted by atomic mass is 9.58. The molecule has 7 heteroatoms. The maximum atomic E-state index is 12.6. The Bertz CT molecular complexity index is 679. The van der Waals surface area contributed by atoms with Crippen molar-refractivity contribution in [2.75, 3.05) is 7.05 Å². The van der Waals surface area contributed by atoms with Gasteiger partial charge in [0.2, 0.25) is 5.91 Å². The zero-order valence-corrected chi connectivity index (χ0v) is 19.0. The van der Waals surface area contributed by atoms with Gasteiger partial charge >= 0.3 is 0 Å². The number of carbonyl (C=O) groups is 1. The minimum atomic E-state index is -0.751. The van der Waals surface area contributed by atoms with Crippen LogP contribution in [-0.2, 0) is 4.79 Å². The van der Waals surface area contributed by atoms with Crippen LogP contribution in [0.5, 0.6) is 0 Å². The maximum absolute atomic E-state index is 12.6. The largest absolute Gasteiger partial charge is 0.390 e. The van der Waals surface area contributed by atoms with E-state index in [4.69, 9.17) is 16.0 Å². The average molecular weight is 432 g/mol. The maximum Gasteiger partial charge on any atom is 0.225 e. The number of azo groups is 1. The molecule has 5 aliphatic rings. The third-order valence-electron chi connectivity index (χ3n) is 9.47. The SMILES string of the molecule is CNC(=O)C1CC2CCC3C4CCCCC4NC3C2C(N=NC2CCC(N)CC2)C1O. The van der Waals surface area contributed by atoms with Crippen LogP contribution in [0.1, 0.15) is 70.6 Å². The molecule has 4 aliphatic carbocycles. The van der Waals surface area contributed by atoms with E-state index >= 15 is 0 Å². The molecule has 31 heavy (non-hydrogen) atoms. The Labute approximate surface area is 186 Å². The molecule has 5 rings (SSSR count). The Morgan fingerprint density at radius 1 is 1.00 bits per heavy atom. The highest BCUT2D eigenvalue weighted by atomic mass is 16.3. The standard InChI is InChI=1S/C24H41N5O2/c1-26-24(31)18-12-13-6-11-17-16-4-2-3-5-19(16)27-21(17)20(13)22(23(18)30)29-28-15-9-7-14(25)8-10-15/h13-23,27,30H,2-12,25H2,1H3,(H,26,31). The van der Waals surface area contributed by atoms with Crippen molar-refractivity contribution < 1.29 is 9.90 Å². The van der Waals surface area contributed by atoms with Gasteiger partial charge in [-0.1, -0.05) is 12.8 Å². The van der Waals surface area contributed by atoms with Crippen molar-refractivity contribution >= 4 is 5.91 Å². The van der Waals surface area contributed by atoms with Gasteiger partial charge in [-0.3, -0.25) is 4.79 Å². The number of hydrogen-bond acceptors (Lipinski definition) is 6. The molecule has 0 radical (unpaired) electrons. The van der Waals surface area contributed by atoms with E-state index in [2.05, 4.69) is 10.6 Å². The number of amides is 1. The molecule has 5 N–H and O–H groups in total. The molecule has 0 aromatic rings. The highest BCUT2D eigenvalue weighted by Gasteiger charge is 2.57. The fourth-order valence-corrected chi connectivity index (χ4v) is 7.88. The number of nitrogens with two attached hydrogens (primary N) is 1. The Kier molecular flexibility index (Phi) is 6.37. The molecule has 1 amide bonds. The van der Waals surface area contributed by atoms with Crippen molar-refractivity contribution in [2.45, 2.75) is 107 Å². The van der Waals surface area contributed by atoms with Crippen LogP contribution in [0.3, 0.4) is 0 Å². The third kappa shape index (κ3) is 4.06. The van der Waals surface area contributed by atoms with Crippen molar-refractivity contribution in [3.05, 3.63) is 0 Å². The predicted molar refractivity (Wildman–Crippen MR) is 119 cm³/mol. The first-order valence-electron chi connectivity index (χ1n) is 12.9. The van der Waals surface area contributed by atoms with Gasteiger partial charge in [0.15, 0.2) is 0 Å². The van der Waals surface area contributed by atoms with Crippen LogP contribution in [0.25, 0.3) is 0 Å². The van der Waals surface area contributed by atoms with Gasteiger partial charge in [0.05, 0.1) is 18.1 Å². The van der Waals surface area contributed by atoms with Gasteiger partial charge in [-0.15, -0.1) is 0 Å². The number of nitrogens with zero attached hydrogens (tertiary/aromatic N) is 2. The van der Waals surface area contributed by atoms with E-state index in [-0.39, 0.29) is 29.8 Å². The van der Waals surface area contributed by atoms with E-state index in [9.17, 15) is 9.90 Å². The first-order chi connectivity index (χ1) is 15.1. The summed E-state index contributed by atoms with van der Waals surface area (Å²) in [6.07, 6.45) is 11.7. The van der Waals surface area contributed by atoms with Crippen LogP contribution in [0, 0.1) is 29.6 Å². The van der Waals surface area contributed by atoms with Crippen LogP contribution in [0.4, 0.5) is 0 Å². The molecule has 4 saturated carbocycles. The fraction of sp³-hybridized carbons (Fsp3) is 0.958. The van der Waals surface area contributed by atoms with Crippen molar-refractivity contribution in [1.82, 2.24) is 10.6 Å². The Balaban J connectivity index is 1.40. The summed E-state index contributed by atoms with van der Waals surface area (Å²) in [4.78, 5) is 12.6. The number of aliphatic hydroxyl groups excluding tert-OH is 1. The van der Waals surface area contributed by atoms with Gasteiger partial charge in [0, 0.05) is 31.1 Å². The lowest BCUT2D eigenvalue weighted by molar-refractivity contribution is -0.135. The lowest BCUT2D eigenvalue weighted by Crippen LogP contribution is -2.59. The number of fused-ring (bicyclic) bond motifs is 5. The number of aliphatic hydroxyl groups is 1. The number of carbonyl (C=O) groups excluding carboxylic acids is 1. The predicted octanol–water partition coefficient (Wildman–Crippen LogP) is 2.38. The molecule has 1 heterocycles. The van der Waals surface area contributed by atoms with Gasteiger partial charge in [-0.25, -0.2) is 0 Å². The molecule has 0 spiro atoms. The van der Waals surface area contributed by atoms with Crippen LogP contribution >= 0.6 is 0 Å². The molecular formula is C24H41N5O2. The van der Waals surface area contributed by atoms with E-state index in [0.717, 1.165) is 44.4 Å². The number of hydrogen-bond donors (Lipinski definition) is 4. The summed E-state index contributed by atoms with van der Waals surface area (Å²) < 4.78 is 0. The Morgan fingerprint density at radius 3 is 2.55 bits per heavy atom.